The van der Waals surface area contributed by atoms with Crippen molar-refractivity contribution in [3.05, 3.63) is 88.4 Å². The van der Waals surface area contributed by atoms with Gasteiger partial charge in [-0.3, -0.25) is 9.59 Å². The van der Waals surface area contributed by atoms with E-state index >= 15 is 0 Å². The van der Waals surface area contributed by atoms with Crippen LogP contribution < -0.4 is 15.4 Å². The van der Waals surface area contributed by atoms with Crippen LogP contribution in [-0.2, 0) is 4.79 Å². The van der Waals surface area contributed by atoms with Gasteiger partial charge >= 0.3 is 0 Å². The summed E-state index contributed by atoms with van der Waals surface area (Å²) in [5.74, 6) is -0.0763. The number of hydrogen-bond donors (Lipinski definition) is 2. The zero-order valence-electron chi connectivity index (χ0n) is 15.2. The molecule has 3 aromatic rings. The maximum atomic E-state index is 12.6. The summed E-state index contributed by atoms with van der Waals surface area (Å²) in [5, 5.41) is 5.55. The molecule has 142 valence electrons. The molecule has 0 aromatic heterocycles. The maximum absolute atomic E-state index is 12.6. The molecule has 0 heterocycles. The van der Waals surface area contributed by atoms with Gasteiger partial charge in [-0.15, -0.1) is 0 Å². The van der Waals surface area contributed by atoms with Crippen LogP contribution in [0, 0.1) is 6.92 Å². The zero-order chi connectivity index (χ0) is 19.9. The first-order chi connectivity index (χ1) is 13.5. The average Bonchev–Trinajstić information content (AvgIpc) is 2.68. The number of rotatable bonds is 6. The van der Waals surface area contributed by atoms with E-state index in [1.165, 1.54) is 0 Å². The molecule has 0 fully saturated rings. The predicted octanol–water partition coefficient (Wildman–Crippen LogP) is 5.03. The van der Waals surface area contributed by atoms with Crippen LogP contribution in [-0.4, -0.2) is 18.4 Å². The number of carbonyl (C=O) groups excluding carboxylic acids is 2. The quantitative estimate of drug-likeness (QED) is 0.567. The van der Waals surface area contributed by atoms with E-state index < -0.39 is 0 Å². The largest absolute Gasteiger partial charge is 0.483 e. The van der Waals surface area contributed by atoms with E-state index in [1.54, 1.807) is 42.5 Å². The number of nitrogens with one attached hydrogen (secondary N) is 2. The SMILES string of the molecule is Cc1ccc(OCC(=O)Nc2ccccc2C(=O)Nc2ccccc2)c(Br)c1. The number of aryl methyl sites for hydroxylation is 1. The van der Waals surface area contributed by atoms with Crippen LogP contribution in [0.5, 0.6) is 5.75 Å². The Bertz CT molecular complexity index is 990. The number of benzene rings is 3. The van der Waals surface area contributed by atoms with Crippen LogP contribution in [0.2, 0.25) is 0 Å². The number of anilines is 2. The highest BCUT2D eigenvalue weighted by Crippen LogP contribution is 2.25. The zero-order valence-corrected chi connectivity index (χ0v) is 16.8. The molecule has 28 heavy (non-hydrogen) atoms. The van der Waals surface area contributed by atoms with Crippen LogP contribution in [0.15, 0.2) is 77.3 Å². The Kier molecular flexibility index (Phi) is 6.45. The molecule has 0 saturated carbocycles. The molecule has 2 N–H and O–H groups in total. The molecule has 6 heteroatoms. The summed E-state index contributed by atoms with van der Waals surface area (Å²) in [5.41, 5.74) is 2.56. The monoisotopic (exact) mass is 438 g/mol. The van der Waals surface area contributed by atoms with Crippen LogP contribution in [0.4, 0.5) is 11.4 Å². The molecular weight excluding hydrogens is 420 g/mol. The molecule has 0 aliphatic heterocycles. The lowest BCUT2D eigenvalue weighted by Crippen LogP contribution is -2.22. The Morgan fingerprint density at radius 1 is 0.929 bits per heavy atom. The van der Waals surface area contributed by atoms with Crippen molar-refractivity contribution in [1.29, 1.82) is 0 Å². The first kappa shape index (κ1) is 19.6. The van der Waals surface area contributed by atoms with Crippen molar-refractivity contribution in [2.24, 2.45) is 0 Å². The van der Waals surface area contributed by atoms with Crippen molar-refractivity contribution in [3.8, 4) is 5.75 Å². The number of carbonyl (C=O) groups is 2. The number of amides is 2. The molecule has 0 unspecified atom stereocenters. The van der Waals surface area contributed by atoms with Gasteiger partial charge in [0.25, 0.3) is 11.8 Å². The van der Waals surface area contributed by atoms with Gasteiger partial charge in [0.2, 0.25) is 0 Å². The fourth-order valence-electron chi connectivity index (χ4n) is 2.56. The standard InChI is InChI=1S/C22H19BrN2O3/c1-15-11-12-20(18(23)13-15)28-14-21(26)25-19-10-6-5-9-17(19)22(27)24-16-7-3-2-4-8-16/h2-13H,14H2,1H3,(H,24,27)(H,25,26). The predicted molar refractivity (Wildman–Crippen MR) is 114 cm³/mol. The van der Waals surface area contributed by atoms with Crippen LogP contribution in [0.3, 0.4) is 0 Å². The summed E-state index contributed by atoms with van der Waals surface area (Å²) in [4.78, 5) is 24.9. The van der Waals surface area contributed by atoms with Crippen molar-refractivity contribution in [2.45, 2.75) is 6.92 Å². The summed E-state index contributed by atoms with van der Waals surface area (Å²) < 4.78 is 6.34. The van der Waals surface area contributed by atoms with Gasteiger partial charge in [-0.1, -0.05) is 36.4 Å². The van der Waals surface area contributed by atoms with Gasteiger partial charge in [0.1, 0.15) is 5.75 Å². The third-order valence-corrected chi connectivity index (χ3v) is 4.54. The first-order valence-corrected chi connectivity index (χ1v) is 9.46. The minimum absolute atomic E-state index is 0.170. The van der Waals surface area contributed by atoms with Gasteiger partial charge in [0, 0.05) is 5.69 Å². The van der Waals surface area contributed by atoms with Crippen LogP contribution in [0.1, 0.15) is 15.9 Å². The number of halogens is 1. The second kappa shape index (κ2) is 9.19. The molecule has 3 aromatic carbocycles. The molecule has 0 bridgehead atoms. The highest BCUT2D eigenvalue weighted by Gasteiger charge is 2.14. The highest BCUT2D eigenvalue weighted by atomic mass is 79.9. The number of ether oxygens (including phenoxy) is 1. The Balaban J connectivity index is 1.65. The molecule has 0 saturated heterocycles. The van der Waals surface area contributed by atoms with Gasteiger partial charge in [0.05, 0.1) is 15.7 Å². The van der Waals surface area contributed by atoms with Gasteiger partial charge < -0.3 is 15.4 Å². The van der Waals surface area contributed by atoms with Crippen molar-refractivity contribution in [1.82, 2.24) is 0 Å². The fourth-order valence-corrected chi connectivity index (χ4v) is 3.17. The summed E-state index contributed by atoms with van der Waals surface area (Å²) in [6.07, 6.45) is 0. The maximum Gasteiger partial charge on any atom is 0.262 e. The second-order valence-electron chi connectivity index (χ2n) is 6.14. The summed E-state index contributed by atoms with van der Waals surface area (Å²) in [7, 11) is 0. The Labute approximate surface area is 171 Å². The molecule has 2 amide bonds. The van der Waals surface area contributed by atoms with E-state index in [0.29, 0.717) is 22.7 Å². The third-order valence-electron chi connectivity index (χ3n) is 3.92. The molecular formula is C22H19BrN2O3. The molecule has 0 aliphatic carbocycles. The number of para-hydroxylation sites is 2. The Morgan fingerprint density at radius 3 is 2.39 bits per heavy atom. The van der Waals surface area contributed by atoms with Crippen molar-refractivity contribution in [2.75, 3.05) is 17.2 Å². The Morgan fingerprint density at radius 2 is 1.64 bits per heavy atom. The van der Waals surface area contributed by atoms with E-state index in [2.05, 4.69) is 26.6 Å². The lowest BCUT2D eigenvalue weighted by Gasteiger charge is -2.12. The van der Waals surface area contributed by atoms with E-state index in [-0.39, 0.29) is 18.4 Å². The third kappa shape index (κ3) is 5.20. The van der Waals surface area contributed by atoms with Crippen LogP contribution >= 0.6 is 15.9 Å². The Hall–Kier alpha value is -3.12. The lowest BCUT2D eigenvalue weighted by atomic mass is 10.1. The molecule has 0 atom stereocenters. The second-order valence-corrected chi connectivity index (χ2v) is 6.99. The number of hydrogen-bond acceptors (Lipinski definition) is 3. The summed E-state index contributed by atoms with van der Waals surface area (Å²) in [6, 6.07) is 21.6. The van der Waals surface area contributed by atoms with E-state index in [0.717, 1.165) is 10.0 Å². The van der Waals surface area contributed by atoms with E-state index in [1.807, 2.05) is 37.3 Å². The van der Waals surface area contributed by atoms with Gasteiger partial charge in [-0.2, -0.15) is 0 Å². The van der Waals surface area contributed by atoms with Crippen LogP contribution in [0.25, 0.3) is 0 Å². The molecule has 3 rings (SSSR count). The van der Waals surface area contributed by atoms with Gasteiger partial charge in [-0.25, -0.2) is 0 Å². The fraction of sp³-hybridized carbons (Fsp3) is 0.0909. The molecule has 5 nitrogen and oxygen atoms in total. The highest BCUT2D eigenvalue weighted by molar-refractivity contribution is 9.10. The minimum Gasteiger partial charge on any atom is -0.483 e. The average molecular weight is 439 g/mol. The summed E-state index contributed by atoms with van der Waals surface area (Å²) in [6.45, 7) is 1.80. The minimum atomic E-state index is -0.354. The van der Waals surface area contributed by atoms with Gasteiger partial charge in [0.15, 0.2) is 6.61 Å². The van der Waals surface area contributed by atoms with Crippen molar-refractivity contribution >= 4 is 39.1 Å². The summed E-state index contributed by atoms with van der Waals surface area (Å²) >= 11 is 3.42. The van der Waals surface area contributed by atoms with E-state index in [4.69, 9.17) is 4.74 Å². The van der Waals surface area contributed by atoms with Crippen molar-refractivity contribution in [3.63, 3.8) is 0 Å². The van der Waals surface area contributed by atoms with Crippen molar-refractivity contribution < 1.29 is 14.3 Å². The topological polar surface area (TPSA) is 67.4 Å². The molecule has 0 aliphatic rings. The lowest BCUT2D eigenvalue weighted by molar-refractivity contribution is -0.118. The molecule has 0 spiro atoms. The molecule has 0 radical (unpaired) electrons. The smallest absolute Gasteiger partial charge is 0.262 e. The van der Waals surface area contributed by atoms with Gasteiger partial charge in [-0.05, 0) is 64.8 Å². The van der Waals surface area contributed by atoms with E-state index in [9.17, 15) is 9.59 Å². The first-order valence-electron chi connectivity index (χ1n) is 8.67. The normalized spacial score (nSPS) is 10.2.